The molecule has 4 nitrogen and oxygen atoms in total. The van der Waals surface area contributed by atoms with Crippen LogP contribution in [0.3, 0.4) is 0 Å². The highest BCUT2D eigenvalue weighted by Gasteiger charge is 2.23. The Balaban J connectivity index is 2.40. The number of halogens is 1. The smallest absolute Gasteiger partial charge is 0.153 e. The highest BCUT2D eigenvalue weighted by Crippen LogP contribution is 2.32. The predicted octanol–water partition coefficient (Wildman–Crippen LogP) is 3.04. The molecular weight excluding hydrogens is 312 g/mol. The second-order valence-electron chi connectivity index (χ2n) is 4.24. The van der Waals surface area contributed by atoms with Gasteiger partial charge >= 0.3 is 0 Å². The summed E-state index contributed by atoms with van der Waals surface area (Å²) in [5, 5.41) is 13.9. The van der Waals surface area contributed by atoms with Crippen molar-refractivity contribution in [2.24, 2.45) is 7.05 Å². The molecule has 98 valence electrons. The molecule has 2 rings (SSSR count). The van der Waals surface area contributed by atoms with E-state index in [4.69, 9.17) is 0 Å². The van der Waals surface area contributed by atoms with Gasteiger partial charge in [-0.05, 0) is 52.8 Å². The van der Waals surface area contributed by atoms with Gasteiger partial charge in [0.1, 0.15) is 0 Å². The summed E-state index contributed by atoms with van der Waals surface area (Å²) in [5.41, 5.74) is 2.38. The van der Waals surface area contributed by atoms with Crippen LogP contribution in [0.15, 0.2) is 16.0 Å². The summed E-state index contributed by atoms with van der Waals surface area (Å²) in [6.07, 6.45) is 1.10. The molecule has 1 atom stereocenters. The van der Waals surface area contributed by atoms with Gasteiger partial charge in [-0.25, -0.2) is 4.68 Å². The zero-order valence-electron chi connectivity index (χ0n) is 10.8. The summed E-state index contributed by atoms with van der Waals surface area (Å²) in [6, 6.07) is 2.30. The van der Waals surface area contributed by atoms with Gasteiger partial charge in [-0.3, -0.25) is 0 Å². The molecule has 0 aliphatic carbocycles. The van der Waals surface area contributed by atoms with Crippen molar-refractivity contribution in [2.45, 2.75) is 26.3 Å². The van der Waals surface area contributed by atoms with Crippen molar-refractivity contribution < 1.29 is 0 Å². The van der Waals surface area contributed by atoms with Gasteiger partial charge in [0.05, 0.1) is 11.7 Å². The van der Waals surface area contributed by atoms with Gasteiger partial charge in [-0.15, -0.1) is 16.4 Å². The third kappa shape index (κ3) is 2.65. The van der Waals surface area contributed by atoms with Gasteiger partial charge in [0.15, 0.2) is 4.60 Å². The van der Waals surface area contributed by atoms with E-state index in [0.717, 1.165) is 23.3 Å². The van der Waals surface area contributed by atoms with E-state index < -0.39 is 0 Å². The Hall–Kier alpha value is -0.720. The van der Waals surface area contributed by atoms with Crippen LogP contribution in [0, 0.1) is 6.92 Å². The normalized spacial score (nSPS) is 12.9. The molecule has 2 aromatic heterocycles. The Morgan fingerprint density at radius 2 is 2.33 bits per heavy atom. The van der Waals surface area contributed by atoms with Crippen molar-refractivity contribution >= 4 is 27.3 Å². The lowest BCUT2D eigenvalue weighted by atomic mass is 10.1. The van der Waals surface area contributed by atoms with Gasteiger partial charge in [-0.2, -0.15) is 0 Å². The van der Waals surface area contributed by atoms with Crippen LogP contribution in [0.5, 0.6) is 0 Å². The molecule has 0 saturated carbocycles. The monoisotopic (exact) mass is 328 g/mol. The minimum atomic E-state index is 0.152. The molecule has 0 fully saturated rings. The Bertz CT molecular complexity index is 500. The number of nitrogens with one attached hydrogen (secondary N) is 1. The summed E-state index contributed by atoms with van der Waals surface area (Å²) in [5.74, 6) is 0. The zero-order chi connectivity index (χ0) is 13.1. The lowest BCUT2D eigenvalue weighted by Gasteiger charge is -2.18. The van der Waals surface area contributed by atoms with Crippen molar-refractivity contribution in [2.75, 3.05) is 6.54 Å². The van der Waals surface area contributed by atoms with Crippen LogP contribution in [0.1, 0.15) is 35.5 Å². The molecule has 0 aromatic carbocycles. The van der Waals surface area contributed by atoms with Crippen molar-refractivity contribution in [3.05, 3.63) is 32.2 Å². The molecule has 0 bridgehead atoms. The molecule has 1 unspecified atom stereocenters. The first-order chi connectivity index (χ1) is 8.65. The van der Waals surface area contributed by atoms with Crippen molar-refractivity contribution in [3.63, 3.8) is 0 Å². The van der Waals surface area contributed by atoms with Crippen LogP contribution in [0.4, 0.5) is 0 Å². The number of aromatic nitrogens is 3. The minimum absolute atomic E-state index is 0.152. The largest absolute Gasteiger partial charge is 0.304 e. The van der Waals surface area contributed by atoms with Crippen LogP contribution >= 0.6 is 27.3 Å². The van der Waals surface area contributed by atoms with Gasteiger partial charge in [0.25, 0.3) is 0 Å². The summed E-state index contributed by atoms with van der Waals surface area (Å²) >= 11 is 5.26. The van der Waals surface area contributed by atoms with Gasteiger partial charge < -0.3 is 5.32 Å². The fourth-order valence-electron chi connectivity index (χ4n) is 1.93. The molecule has 0 spiro atoms. The highest BCUT2D eigenvalue weighted by atomic mass is 79.9. The molecular formula is C12H17BrN4S. The Labute approximate surface area is 120 Å². The summed E-state index contributed by atoms with van der Waals surface area (Å²) in [6.45, 7) is 5.28. The lowest BCUT2D eigenvalue weighted by Crippen LogP contribution is -2.25. The SMILES string of the molecule is CCCNC(c1sccc1C)c1c(Br)nnn1C. The fourth-order valence-corrected chi connectivity index (χ4v) is 3.49. The van der Waals surface area contributed by atoms with Crippen molar-refractivity contribution in [1.29, 1.82) is 0 Å². The van der Waals surface area contributed by atoms with E-state index in [1.54, 1.807) is 11.3 Å². The van der Waals surface area contributed by atoms with Crippen molar-refractivity contribution in [1.82, 2.24) is 20.3 Å². The van der Waals surface area contributed by atoms with Crippen LogP contribution in [0.2, 0.25) is 0 Å². The van der Waals surface area contributed by atoms with Crippen LogP contribution in [0.25, 0.3) is 0 Å². The van der Waals surface area contributed by atoms with Crippen LogP contribution in [-0.2, 0) is 7.05 Å². The number of thiophene rings is 1. The molecule has 2 aromatic rings. The van der Waals surface area contributed by atoms with Crippen LogP contribution in [-0.4, -0.2) is 21.5 Å². The summed E-state index contributed by atoms with van der Waals surface area (Å²) in [4.78, 5) is 1.33. The zero-order valence-corrected chi connectivity index (χ0v) is 13.2. The van der Waals surface area contributed by atoms with Gasteiger partial charge in [-0.1, -0.05) is 12.1 Å². The molecule has 0 saturated heterocycles. The maximum Gasteiger partial charge on any atom is 0.153 e. The second kappa shape index (κ2) is 5.95. The highest BCUT2D eigenvalue weighted by molar-refractivity contribution is 9.10. The number of rotatable bonds is 5. The Morgan fingerprint density at radius 1 is 1.56 bits per heavy atom. The second-order valence-corrected chi connectivity index (χ2v) is 5.94. The number of aryl methyl sites for hydroxylation is 2. The number of nitrogens with zero attached hydrogens (tertiary/aromatic N) is 3. The average molecular weight is 329 g/mol. The Morgan fingerprint density at radius 3 is 2.83 bits per heavy atom. The topological polar surface area (TPSA) is 42.7 Å². The van der Waals surface area contributed by atoms with E-state index in [2.05, 4.69) is 56.9 Å². The van der Waals surface area contributed by atoms with Gasteiger partial charge in [0, 0.05) is 11.9 Å². The first kappa shape index (κ1) is 13.7. The standard InChI is InChI=1S/C12H17BrN4S/c1-4-6-14-9(11-8(2)5-7-18-11)10-12(13)15-16-17(10)3/h5,7,9,14H,4,6H2,1-3H3. The van der Waals surface area contributed by atoms with Crippen LogP contribution < -0.4 is 5.32 Å². The Kier molecular flexibility index (Phi) is 4.53. The van der Waals surface area contributed by atoms with E-state index in [0.29, 0.717) is 0 Å². The first-order valence-electron chi connectivity index (χ1n) is 5.97. The molecule has 2 heterocycles. The molecule has 18 heavy (non-hydrogen) atoms. The fraction of sp³-hybridized carbons (Fsp3) is 0.500. The summed E-state index contributed by atoms with van der Waals surface area (Å²) in [7, 11) is 1.93. The van der Waals surface area contributed by atoms with E-state index in [9.17, 15) is 0 Å². The van der Waals surface area contributed by atoms with Crippen molar-refractivity contribution in [3.8, 4) is 0 Å². The number of hydrogen-bond donors (Lipinski definition) is 1. The first-order valence-corrected chi connectivity index (χ1v) is 7.64. The van der Waals surface area contributed by atoms with E-state index in [1.807, 2.05) is 11.7 Å². The maximum absolute atomic E-state index is 4.08. The quantitative estimate of drug-likeness (QED) is 0.917. The van der Waals surface area contributed by atoms with E-state index in [1.165, 1.54) is 10.4 Å². The molecule has 0 aliphatic rings. The predicted molar refractivity (Wildman–Crippen MR) is 77.9 cm³/mol. The third-order valence-corrected chi connectivity index (χ3v) is 4.51. The molecule has 0 radical (unpaired) electrons. The molecule has 0 aliphatic heterocycles. The molecule has 6 heteroatoms. The number of hydrogen-bond acceptors (Lipinski definition) is 4. The average Bonchev–Trinajstić information content (AvgIpc) is 2.90. The third-order valence-electron chi connectivity index (χ3n) is 2.86. The molecule has 1 N–H and O–H groups in total. The van der Waals surface area contributed by atoms with Gasteiger partial charge in [0.2, 0.25) is 0 Å². The minimum Gasteiger partial charge on any atom is -0.304 e. The lowest BCUT2D eigenvalue weighted by molar-refractivity contribution is 0.554. The van der Waals surface area contributed by atoms with E-state index >= 15 is 0 Å². The maximum atomic E-state index is 4.08. The summed E-state index contributed by atoms with van der Waals surface area (Å²) < 4.78 is 2.64. The molecule has 0 amide bonds. The van der Waals surface area contributed by atoms with E-state index in [-0.39, 0.29) is 6.04 Å².